The summed E-state index contributed by atoms with van der Waals surface area (Å²) in [4.78, 5) is 17.8. The number of nitrogens with zero attached hydrogens (tertiary/aromatic N) is 1. The van der Waals surface area contributed by atoms with Crippen molar-refractivity contribution in [3.05, 3.63) is 52.0 Å². The van der Waals surface area contributed by atoms with Crippen LogP contribution in [-0.2, 0) is 21.2 Å². The number of aromatic nitrogens is 1. The first-order valence-electron chi connectivity index (χ1n) is 8.25. The first kappa shape index (κ1) is 19.5. The van der Waals surface area contributed by atoms with Gasteiger partial charge in [0, 0.05) is 27.9 Å². The van der Waals surface area contributed by atoms with E-state index >= 15 is 0 Å². The van der Waals surface area contributed by atoms with Crippen LogP contribution in [0.5, 0.6) is 0 Å². The normalized spacial score (nSPS) is 11.3. The largest absolute Gasteiger partial charge is 0.302 e. The smallest absolute Gasteiger partial charge is 0.229 e. The molecule has 1 aromatic carbocycles. The van der Waals surface area contributed by atoms with Crippen molar-refractivity contribution in [3.63, 3.8) is 0 Å². The fourth-order valence-corrected chi connectivity index (χ4v) is 4.50. The Hall–Kier alpha value is -2.23. The molecule has 3 aromatic rings. The van der Waals surface area contributed by atoms with Crippen molar-refractivity contribution in [2.75, 3.05) is 16.3 Å². The molecule has 0 aliphatic heterocycles. The molecule has 142 valence electrons. The molecule has 0 aliphatic rings. The number of hydrogen-bond donors (Lipinski definition) is 2. The highest BCUT2D eigenvalue weighted by Gasteiger charge is 2.09. The number of hydrogen-bond acceptors (Lipinski definition) is 6. The van der Waals surface area contributed by atoms with Crippen LogP contribution in [0.2, 0.25) is 0 Å². The standard InChI is InChI=1S/C18H19N3O3S3/c1-27(23,24)21-14-9-7-13(8-10-14)16-12-26-18(19-16)20-17(22)6-2-4-15-5-3-11-25-15/h3,5,7-12,21H,2,4,6H2,1H3,(H,19,20,22). The number of rotatable bonds is 8. The Labute approximate surface area is 166 Å². The number of thiophene rings is 1. The number of aryl methyl sites for hydroxylation is 1. The molecule has 0 fully saturated rings. The Balaban J connectivity index is 1.53. The lowest BCUT2D eigenvalue weighted by Crippen LogP contribution is -2.11. The number of nitrogens with one attached hydrogen (secondary N) is 2. The Bertz CT molecular complexity index is 994. The molecule has 0 spiro atoms. The summed E-state index contributed by atoms with van der Waals surface area (Å²) in [5.74, 6) is -0.0415. The molecule has 0 radical (unpaired) electrons. The highest BCUT2D eigenvalue weighted by atomic mass is 32.2. The van der Waals surface area contributed by atoms with Crippen molar-refractivity contribution >= 4 is 49.4 Å². The average Bonchev–Trinajstić information content (AvgIpc) is 3.26. The summed E-state index contributed by atoms with van der Waals surface area (Å²) < 4.78 is 24.9. The van der Waals surface area contributed by atoms with Crippen LogP contribution in [0.3, 0.4) is 0 Å². The summed E-state index contributed by atoms with van der Waals surface area (Å²) in [6.45, 7) is 0. The van der Waals surface area contributed by atoms with Gasteiger partial charge in [0.05, 0.1) is 11.9 Å². The van der Waals surface area contributed by atoms with Crippen LogP contribution in [-0.4, -0.2) is 25.6 Å². The van der Waals surface area contributed by atoms with E-state index in [1.54, 1.807) is 35.6 Å². The molecule has 0 aliphatic carbocycles. The number of benzene rings is 1. The molecule has 2 N–H and O–H groups in total. The predicted molar refractivity (Wildman–Crippen MR) is 112 cm³/mol. The Morgan fingerprint density at radius 1 is 1.15 bits per heavy atom. The monoisotopic (exact) mass is 421 g/mol. The summed E-state index contributed by atoms with van der Waals surface area (Å²) in [6, 6.07) is 11.0. The van der Waals surface area contributed by atoms with Crippen molar-refractivity contribution < 1.29 is 13.2 Å². The minimum Gasteiger partial charge on any atom is -0.302 e. The van der Waals surface area contributed by atoms with E-state index in [1.807, 2.05) is 16.8 Å². The van der Waals surface area contributed by atoms with Gasteiger partial charge in [0.15, 0.2) is 5.13 Å². The summed E-state index contributed by atoms with van der Waals surface area (Å²) in [5.41, 5.74) is 2.08. The molecule has 0 unspecified atom stereocenters. The maximum absolute atomic E-state index is 12.1. The van der Waals surface area contributed by atoms with Crippen molar-refractivity contribution in [3.8, 4) is 11.3 Å². The Morgan fingerprint density at radius 2 is 1.93 bits per heavy atom. The number of sulfonamides is 1. The molecule has 2 aromatic heterocycles. The second kappa shape index (κ2) is 8.64. The first-order valence-corrected chi connectivity index (χ1v) is 11.9. The number of carbonyl (C=O) groups excluding carboxylic acids is 1. The van der Waals surface area contributed by atoms with Crippen LogP contribution < -0.4 is 10.0 Å². The maximum Gasteiger partial charge on any atom is 0.229 e. The zero-order valence-electron chi connectivity index (χ0n) is 14.6. The van der Waals surface area contributed by atoms with Crippen molar-refractivity contribution in [1.29, 1.82) is 0 Å². The highest BCUT2D eigenvalue weighted by molar-refractivity contribution is 7.92. The minimum absolute atomic E-state index is 0.0415. The molecule has 3 rings (SSSR count). The lowest BCUT2D eigenvalue weighted by molar-refractivity contribution is -0.116. The van der Waals surface area contributed by atoms with Crippen LogP contribution in [0.1, 0.15) is 17.7 Å². The van der Waals surface area contributed by atoms with E-state index in [-0.39, 0.29) is 5.91 Å². The van der Waals surface area contributed by atoms with Crippen LogP contribution in [0.15, 0.2) is 47.2 Å². The molecule has 0 saturated carbocycles. The molecule has 9 heteroatoms. The number of carbonyl (C=O) groups is 1. The van der Waals surface area contributed by atoms with Gasteiger partial charge in [-0.25, -0.2) is 13.4 Å². The SMILES string of the molecule is CS(=O)(=O)Nc1ccc(-c2csc(NC(=O)CCCc3cccs3)n2)cc1. The fourth-order valence-electron chi connectivity index (χ4n) is 2.45. The molecule has 0 saturated heterocycles. The van der Waals surface area contributed by atoms with Gasteiger partial charge in [0.1, 0.15) is 0 Å². The molecular weight excluding hydrogens is 402 g/mol. The lowest BCUT2D eigenvalue weighted by Gasteiger charge is -2.04. The first-order chi connectivity index (χ1) is 12.9. The van der Waals surface area contributed by atoms with Gasteiger partial charge in [-0.15, -0.1) is 22.7 Å². The lowest BCUT2D eigenvalue weighted by atomic mass is 10.1. The second-order valence-corrected chi connectivity index (χ2v) is 9.61. The quantitative estimate of drug-likeness (QED) is 0.570. The van der Waals surface area contributed by atoms with E-state index in [9.17, 15) is 13.2 Å². The fraction of sp³-hybridized carbons (Fsp3) is 0.222. The van der Waals surface area contributed by atoms with Gasteiger partial charge in [0.25, 0.3) is 0 Å². The van der Waals surface area contributed by atoms with E-state index in [4.69, 9.17) is 0 Å². The third-order valence-electron chi connectivity index (χ3n) is 3.64. The van der Waals surface area contributed by atoms with Gasteiger partial charge in [-0.3, -0.25) is 9.52 Å². The Kier molecular flexibility index (Phi) is 6.25. The molecule has 6 nitrogen and oxygen atoms in total. The topological polar surface area (TPSA) is 88.2 Å². The van der Waals surface area contributed by atoms with Gasteiger partial charge < -0.3 is 5.32 Å². The van der Waals surface area contributed by atoms with E-state index in [2.05, 4.69) is 21.1 Å². The molecule has 0 bridgehead atoms. The number of amides is 1. The third kappa shape index (κ3) is 6.16. The zero-order chi connectivity index (χ0) is 19.3. The van der Waals surface area contributed by atoms with Crippen LogP contribution in [0.4, 0.5) is 10.8 Å². The van der Waals surface area contributed by atoms with Gasteiger partial charge in [-0.05, 0) is 36.4 Å². The van der Waals surface area contributed by atoms with Crippen molar-refractivity contribution in [1.82, 2.24) is 4.98 Å². The maximum atomic E-state index is 12.1. The van der Waals surface area contributed by atoms with Crippen LogP contribution in [0.25, 0.3) is 11.3 Å². The average molecular weight is 422 g/mol. The van der Waals surface area contributed by atoms with E-state index in [0.717, 1.165) is 30.4 Å². The molecule has 27 heavy (non-hydrogen) atoms. The number of anilines is 2. The number of thiazole rings is 1. The summed E-state index contributed by atoms with van der Waals surface area (Å²) >= 11 is 3.07. The third-order valence-corrected chi connectivity index (χ3v) is 5.94. The zero-order valence-corrected chi connectivity index (χ0v) is 17.1. The van der Waals surface area contributed by atoms with E-state index < -0.39 is 10.0 Å². The van der Waals surface area contributed by atoms with Crippen molar-refractivity contribution in [2.45, 2.75) is 19.3 Å². The molecule has 2 heterocycles. The van der Waals surface area contributed by atoms with E-state index in [1.165, 1.54) is 16.2 Å². The predicted octanol–water partition coefficient (Wildman–Crippen LogP) is 4.20. The minimum atomic E-state index is -3.30. The van der Waals surface area contributed by atoms with Crippen LogP contribution >= 0.6 is 22.7 Å². The molecular formula is C18H19N3O3S3. The van der Waals surface area contributed by atoms with Gasteiger partial charge >= 0.3 is 0 Å². The molecule has 1 amide bonds. The molecule has 0 atom stereocenters. The summed E-state index contributed by atoms with van der Waals surface area (Å²) in [5, 5.41) is 7.29. The summed E-state index contributed by atoms with van der Waals surface area (Å²) in [6.07, 6.45) is 3.27. The van der Waals surface area contributed by atoms with Gasteiger partial charge in [-0.1, -0.05) is 18.2 Å². The van der Waals surface area contributed by atoms with Crippen molar-refractivity contribution in [2.24, 2.45) is 0 Å². The highest BCUT2D eigenvalue weighted by Crippen LogP contribution is 2.26. The van der Waals surface area contributed by atoms with Gasteiger partial charge in [0.2, 0.25) is 15.9 Å². The summed E-state index contributed by atoms with van der Waals surface area (Å²) in [7, 11) is -3.30. The van der Waals surface area contributed by atoms with Crippen LogP contribution in [0, 0.1) is 0 Å². The van der Waals surface area contributed by atoms with Gasteiger partial charge in [-0.2, -0.15) is 0 Å². The second-order valence-electron chi connectivity index (χ2n) is 5.97. The van der Waals surface area contributed by atoms with E-state index in [0.29, 0.717) is 17.2 Å². The Morgan fingerprint density at radius 3 is 2.59 bits per heavy atom.